The molecule has 0 aromatic carbocycles. The van der Waals surface area contributed by atoms with E-state index in [-0.39, 0.29) is 6.04 Å². The van der Waals surface area contributed by atoms with Crippen LogP contribution in [0.2, 0.25) is 0 Å². The molecule has 1 aliphatic heterocycles. The Morgan fingerprint density at radius 2 is 2.00 bits per heavy atom. The van der Waals surface area contributed by atoms with Gasteiger partial charge in [-0.05, 0) is 26.0 Å². The normalized spacial score (nSPS) is 33.2. The summed E-state index contributed by atoms with van der Waals surface area (Å²) in [7, 11) is 0. The molecule has 0 amide bonds. The molecular weight excluding hydrogens is 182 g/mol. The van der Waals surface area contributed by atoms with Crippen LogP contribution in [0, 0.1) is 6.92 Å². The number of ether oxygens (including phenoxy) is 2. The Bertz CT molecular complexity index is 313. The largest absolute Gasteiger partial charge is 0.461 e. The topological polar surface area (TPSA) is 57.6 Å². The second-order valence-electron chi connectivity index (χ2n) is 3.74. The van der Waals surface area contributed by atoms with Crippen molar-refractivity contribution in [1.29, 1.82) is 0 Å². The fraction of sp³-hybridized carbons (Fsp3) is 0.600. The van der Waals surface area contributed by atoms with Gasteiger partial charge in [-0.2, -0.15) is 0 Å². The van der Waals surface area contributed by atoms with Crippen LogP contribution in [0.5, 0.6) is 0 Å². The molecule has 0 bridgehead atoms. The molecule has 1 aromatic heterocycles. The van der Waals surface area contributed by atoms with Crippen molar-refractivity contribution in [2.24, 2.45) is 5.73 Å². The molecular formula is C10H15NO3. The molecule has 0 atom stereocenters. The number of hydrogen-bond acceptors (Lipinski definition) is 4. The standard InChI is InChI=1S/C10H15NO3/c1-7-3-4-9(14-7)10(2)12-5-8(11)6-13-10/h3-4,8H,5-6,11H2,1-2H3. The van der Waals surface area contributed by atoms with E-state index in [2.05, 4.69) is 0 Å². The summed E-state index contributed by atoms with van der Waals surface area (Å²) in [5.41, 5.74) is 5.66. The second kappa shape index (κ2) is 3.38. The average Bonchev–Trinajstić information content (AvgIpc) is 2.58. The smallest absolute Gasteiger partial charge is 0.225 e. The van der Waals surface area contributed by atoms with Crippen molar-refractivity contribution >= 4 is 0 Å². The van der Waals surface area contributed by atoms with Crippen LogP contribution in [0.1, 0.15) is 18.4 Å². The van der Waals surface area contributed by atoms with Crippen molar-refractivity contribution in [2.45, 2.75) is 25.7 Å². The summed E-state index contributed by atoms with van der Waals surface area (Å²) in [5.74, 6) is 0.773. The van der Waals surface area contributed by atoms with Gasteiger partial charge in [-0.25, -0.2) is 0 Å². The first-order valence-electron chi connectivity index (χ1n) is 4.70. The summed E-state index contributed by atoms with van der Waals surface area (Å²) < 4.78 is 16.5. The maximum absolute atomic E-state index is 5.66. The predicted molar refractivity (Wildman–Crippen MR) is 50.7 cm³/mol. The Hall–Kier alpha value is -0.840. The van der Waals surface area contributed by atoms with Crippen molar-refractivity contribution < 1.29 is 13.9 Å². The lowest BCUT2D eigenvalue weighted by Crippen LogP contribution is -2.45. The number of furan rings is 1. The average molecular weight is 197 g/mol. The van der Waals surface area contributed by atoms with Crippen molar-refractivity contribution in [3.05, 3.63) is 23.7 Å². The van der Waals surface area contributed by atoms with E-state index in [9.17, 15) is 0 Å². The fourth-order valence-corrected chi connectivity index (χ4v) is 1.44. The number of hydrogen-bond donors (Lipinski definition) is 1. The van der Waals surface area contributed by atoms with Crippen molar-refractivity contribution in [1.82, 2.24) is 0 Å². The van der Waals surface area contributed by atoms with Crippen LogP contribution in [0.3, 0.4) is 0 Å². The number of rotatable bonds is 1. The fourth-order valence-electron chi connectivity index (χ4n) is 1.44. The molecule has 0 unspecified atom stereocenters. The molecule has 78 valence electrons. The van der Waals surface area contributed by atoms with Crippen LogP contribution < -0.4 is 5.73 Å². The second-order valence-corrected chi connectivity index (χ2v) is 3.74. The van der Waals surface area contributed by atoms with Crippen LogP contribution in [0.25, 0.3) is 0 Å². The molecule has 1 aliphatic rings. The Morgan fingerprint density at radius 1 is 1.36 bits per heavy atom. The van der Waals surface area contributed by atoms with E-state index in [1.807, 2.05) is 26.0 Å². The van der Waals surface area contributed by atoms with Gasteiger partial charge in [-0.3, -0.25) is 0 Å². The van der Waals surface area contributed by atoms with Gasteiger partial charge in [0.2, 0.25) is 5.79 Å². The molecule has 4 nitrogen and oxygen atoms in total. The van der Waals surface area contributed by atoms with Gasteiger partial charge in [0.05, 0.1) is 19.3 Å². The molecule has 2 rings (SSSR count). The molecule has 2 heterocycles. The van der Waals surface area contributed by atoms with Gasteiger partial charge in [0.1, 0.15) is 5.76 Å². The Morgan fingerprint density at radius 3 is 2.50 bits per heavy atom. The summed E-state index contributed by atoms with van der Waals surface area (Å²) >= 11 is 0. The van der Waals surface area contributed by atoms with Gasteiger partial charge in [-0.1, -0.05) is 0 Å². The molecule has 14 heavy (non-hydrogen) atoms. The maximum atomic E-state index is 5.66. The van der Waals surface area contributed by atoms with Gasteiger partial charge in [0.15, 0.2) is 5.76 Å². The molecule has 0 radical (unpaired) electrons. The van der Waals surface area contributed by atoms with Gasteiger partial charge < -0.3 is 19.6 Å². The lowest BCUT2D eigenvalue weighted by molar-refractivity contribution is -0.278. The summed E-state index contributed by atoms with van der Waals surface area (Å²) in [6.45, 7) is 4.73. The first kappa shape index (κ1) is 9.71. The highest BCUT2D eigenvalue weighted by Gasteiger charge is 2.36. The lowest BCUT2D eigenvalue weighted by Gasteiger charge is -2.34. The number of nitrogens with two attached hydrogens (primary N) is 1. The van der Waals surface area contributed by atoms with Crippen molar-refractivity contribution in [2.75, 3.05) is 13.2 Å². The SMILES string of the molecule is Cc1ccc(C2(C)OCC(N)CO2)o1. The summed E-state index contributed by atoms with van der Waals surface area (Å²) in [6, 6.07) is 3.72. The highest BCUT2D eigenvalue weighted by molar-refractivity contribution is 5.10. The van der Waals surface area contributed by atoms with Gasteiger partial charge >= 0.3 is 0 Å². The lowest BCUT2D eigenvalue weighted by atomic mass is 10.2. The minimum atomic E-state index is -0.774. The first-order valence-corrected chi connectivity index (χ1v) is 4.70. The highest BCUT2D eigenvalue weighted by Crippen LogP contribution is 2.30. The van der Waals surface area contributed by atoms with E-state index in [0.717, 1.165) is 5.76 Å². The van der Waals surface area contributed by atoms with Gasteiger partial charge in [0, 0.05) is 0 Å². The van der Waals surface area contributed by atoms with Crippen LogP contribution >= 0.6 is 0 Å². The Labute approximate surface area is 83.0 Å². The molecule has 0 aliphatic carbocycles. The van der Waals surface area contributed by atoms with E-state index >= 15 is 0 Å². The molecule has 0 spiro atoms. The molecule has 1 fully saturated rings. The van der Waals surface area contributed by atoms with Crippen LogP contribution in [0.15, 0.2) is 16.5 Å². The zero-order valence-electron chi connectivity index (χ0n) is 8.45. The van der Waals surface area contributed by atoms with E-state index in [0.29, 0.717) is 19.0 Å². The zero-order valence-corrected chi connectivity index (χ0v) is 8.45. The highest BCUT2D eigenvalue weighted by atomic mass is 16.7. The molecule has 0 saturated carbocycles. The molecule has 2 N–H and O–H groups in total. The van der Waals surface area contributed by atoms with E-state index in [4.69, 9.17) is 19.6 Å². The Balaban J connectivity index is 2.16. The number of aryl methyl sites for hydroxylation is 1. The third-order valence-electron chi connectivity index (χ3n) is 2.33. The Kier molecular flexibility index (Phi) is 2.34. The summed E-state index contributed by atoms with van der Waals surface area (Å²) in [4.78, 5) is 0. The van der Waals surface area contributed by atoms with Crippen LogP contribution in [-0.2, 0) is 15.3 Å². The summed E-state index contributed by atoms with van der Waals surface area (Å²) in [5, 5.41) is 0. The van der Waals surface area contributed by atoms with Crippen molar-refractivity contribution in [3.63, 3.8) is 0 Å². The first-order chi connectivity index (χ1) is 6.60. The van der Waals surface area contributed by atoms with Crippen LogP contribution in [0.4, 0.5) is 0 Å². The minimum Gasteiger partial charge on any atom is -0.461 e. The van der Waals surface area contributed by atoms with Gasteiger partial charge in [-0.15, -0.1) is 0 Å². The molecule has 4 heteroatoms. The third-order valence-corrected chi connectivity index (χ3v) is 2.33. The van der Waals surface area contributed by atoms with E-state index in [1.165, 1.54) is 0 Å². The quantitative estimate of drug-likeness (QED) is 0.733. The van der Waals surface area contributed by atoms with Crippen molar-refractivity contribution in [3.8, 4) is 0 Å². The van der Waals surface area contributed by atoms with Crippen LogP contribution in [-0.4, -0.2) is 19.3 Å². The van der Waals surface area contributed by atoms with E-state index < -0.39 is 5.79 Å². The van der Waals surface area contributed by atoms with E-state index in [1.54, 1.807) is 0 Å². The maximum Gasteiger partial charge on any atom is 0.225 e. The predicted octanol–water partition coefficient (Wildman–Crippen LogP) is 1.13. The zero-order chi connectivity index (χ0) is 10.2. The van der Waals surface area contributed by atoms with Gasteiger partial charge in [0.25, 0.3) is 0 Å². The molecule has 1 saturated heterocycles. The minimum absolute atomic E-state index is 0.0425. The molecule has 1 aromatic rings. The monoisotopic (exact) mass is 197 g/mol. The third kappa shape index (κ3) is 1.68. The summed E-state index contributed by atoms with van der Waals surface area (Å²) in [6.07, 6.45) is 0.